The van der Waals surface area contributed by atoms with Crippen LogP contribution in [0.15, 0.2) is 36.5 Å². The van der Waals surface area contributed by atoms with Crippen molar-refractivity contribution < 1.29 is 19.8 Å². The number of aliphatic hydroxyl groups excluding tert-OH is 1. The predicted octanol–water partition coefficient (Wildman–Crippen LogP) is 1.47. The Morgan fingerprint density at radius 1 is 1.19 bits per heavy atom. The summed E-state index contributed by atoms with van der Waals surface area (Å²) in [6.45, 7) is 1.86. The maximum atomic E-state index is 10.9. The lowest BCUT2D eigenvalue weighted by atomic mass is 10.2. The van der Waals surface area contributed by atoms with Crippen LogP contribution in [-0.4, -0.2) is 28.1 Å². The van der Waals surface area contributed by atoms with E-state index in [1.165, 1.54) is 12.2 Å². The first-order valence-corrected chi connectivity index (χ1v) is 5.00. The van der Waals surface area contributed by atoms with E-state index < -0.39 is 24.3 Å². The highest BCUT2D eigenvalue weighted by Crippen LogP contribution is 1.92. The quantitative estimate of drug-likeness (QED) is 0.390. The zero-order chi connectivity index (χ0) is 12.4. The van der Waals surface area contributed by atoms with E-state index in [1.807, 2.05) is 6.92 Å². The van der Waals surface area contributed by atoms with Crippen LogP contribution in [0.4, 0.5) is 0 Å². The number of aliphatic carboxylic acids is 1. The van der Waals surface area contributed by atoms with E-state index in [2.05, 4.69) is 0 Å². The molecule has 4 heteroatoms. The number of carboxylic acid groups (broad SMARTS) is 1. The minimum Gasteiger partial charge on any atom is -0.481 e. The third-order valence-corrected chi connectivity index (χ3v) is 1.69. The van der Waals surface area contributed by atoms with Crippen molar-refractivity contribution in [2.45, 2.75) is 25.9 Å². The maximum absolute atomic E-state index is 10.9. The fraction of sp³-hybridized carbons (Fsp3) is 0.333. The molecule has 0 saturated heterocycles. The molecule has 0 aliphatic rings. The van der Waals surface area contributed by atoms with Crippen LogP contribution in [0.5, 0.6) is 0 Å². The van der Waals surface area contributed by atoms with Crippen molar-refractivity contribution in [2.75, 3.05) is 0 Å². The second-order valence-electron chi connectivity index (χ2n) is 3.14. The topological polar surface area (TPSA) is 74.6 Å². The molecular weight excluding hydrogens is 208 g/mol. The molecule has 88 valence electrons. The molecule has 0 heterocycles. The Labute approximate surface area is 94.6 Å². The largest absolute Gasteiger partial charge is 0.481 e. The highest BCUT2D eigenvalue weighted by atomic mass is 16.4. The summed E-state index contributed by atoms with van der Waals surface area (Å²) in [6.07, 6.45) is 8.92. The smallest absolute Gasteiger partial charge is 0.311 e. The molecule has 0 spiro atoms. The van der Waals surface area contributed by atoms with Gasteiger partial charge in [-0.05, 0) is 12.5 Å². The van der Waals surface area contributed by atoms with E-state index in [0.29, 0.717) is 6.42 Å². The fourth-order valence-electron chi connectivity index (χ4n) is 0.828. The highest BCUT2D eigenvalue weighted by Gasteiger charge is 2.01. The maximum Gasteiger partial charge on any atom is 0.311 e. The second kappa shape index (κ2) is 8.61. The Hall–Kier alpha value is -1.68. The van der Waals surface area contributed by atoms with Crippen LogP contribution < -0.4 is 0 Å². The summed E-state index contributed by atoms with van der Waals surface area (Å²) in [4.78, 5) is 21.0. The molecule has 0 amide bonds. The number of hydrogen-bond acceptors (Lipinski definition) is 3. The normalized spacial score (nSPS) is 13.9. The summed E-state index contributed by atoms with van der Waals surface area (Å²) >= 11 is 0. The van der Waals surface area contributed by atoms with E-state index in [4.69, 9.17) is 10.2 Å². The summed E-state index contributed by atoms with van der Waals surface area (Å²) in [5.74, 6) is -1.58. The zero-order valence-electron chi connectivity index (χ0n) is 9.17. The fourth-order valence-corrected chi connectivity index (χ4v) is 0.828. The van der Waals surface area contributed by atoms with Crippen LogP contribution >= 0.6 is 0 Å². The molecule has 1 unspecified atom stereocenters. The predicted molar refractivity (Wildman–Crippen MR) is 61.0 cm³/mol. The Balaban J connectivity index is 3.91. The summed E-state index contributed by atoms with van der Waals surface area (Å²) in [7, 11) is 0. The molecule has 4 nitrogen and oxygen atoms in total. The molecular formula is C12H16O4. The van der Waals surface area contributed by atoms with Gasteiger partial charge in [-0.15, -0.1) is 0 Å². The van der Waals surface area contributed by atoms with E-state index >= 15 is 0 Å². The second-order valence-corrected chi connectivity index (χ2v) is 3.14. The van der Waals surface area contributed by atoms with Crippen LogP contribution in [-0.2, 0) is 9.59 Å². The average molecular weight is 224 g/mol. The van der Waals surface area contributed by atoms with Gasteiger partial charge in [0.1, 0.15) is 6.42 Å². The van der Waals surface area contributed by atoms with E-state index in [1.54, 1.807) is 24.3 Å². The number of rotatable bonds is 7. The Morgan fingerprint density at radius 3 is 2.38 bits per heavy atom. The number of ketones is 1. The van der Waals surface area contributed by atoms with Crippen LogP contribution in [0.25, 0.3) is 0 Å². The molecule has 0 saturated carbocycles. The Morgan fingerprint density at radius 2 is 1.81 bits per heavy atom. The molecule has 2 N–H and O–H groups in total. The van der Waals surface area contributed by atoms with Crippen LogP contribution in [0.1, 0.15) is 19.8 Å². The van der Waals surface area contributed by atoms with Gasteiger partial charge in [0.05, 0.1) is 6.10 Å². The lowest BCUT2D eigenvalue weighted by molar-refractivity contribution is -0.139. The molecule has 0 radical (unpaired) electrons. The van der Waals surface area contributed by atoms with Gasteiger partial charge in [0.2, 0.25) is 0 Å². The number of hydrogen-bond donors (Lipinski definition) is 2. The summed E-state index contributed by atoms with van der Waals surface area (Å²) in [5, 5.41) is 17.4. The molecule has 16 heavy (non-hydrogen) atoms. The van der Waals surface area contributed by atoms with Gasteiger partial charge < -0.3 is 10.2 Å². The molecule has 0 aromatic heterocycles. The molecule has 1 atom stereocenters. The third kappa shape index (κ3) is 8.90. The van der Waals surface area contributed by atoms with E-state index in [-0.39, 0.29) is 0 Å². The number of carboxylic acids is 1. The molecule has 0 rings (SSSR count). The first kappa shape index (κ1) is 14.3. The standard InChI is InChI=1S/C12H16O4/c1-2-10(13)7-5-3-4-6-8-11(14)9-12(15)16/h3-8,10,13H,2,9H2,1H3,(H,15,16). The zero-order valence-corrected chi connectivity index (χ0v) is 9.17. The van der Waals surface area contributed by atoms with Gasteiger partial charge in [-0.3, -0.25) is 9.59 Å². The summed E-state index contributed by atoms with van der Waals surface area (Å²) in [6, 6.07) is 0. The van der Waals surface area contributed by atoms with Crippen LogP contribution in [0.3, 0.4) is 0 Å². The third-order valence-electron chi connectivity index (χ3n) is 1.69. The minimum absolute atomic E-state index is 0.449. The first-order valence-electron chi connectivity index (χ1n) is 5.00. The van der Waals surface area contributed by atoms with Gasteiger partial charge >= 0.3 is 5.97 Å². The first-order chi connectivity index (χ1) is 7.56. The van der Waals surface area contributed by atoms with Gasteiger partial charge in [0, 0.05) is 0 Å². The minimum atomic E-state index is -1.13. The van der Waals surface area contributed by atoms with Crippen molar-refractivity contribution in [2.24, 2.45) is 0 Å². The highest BCUT2D eigenvalue weighted by molar-refractivity contribution is 6.01. The monoisotopic (exact) mass is 224 g/mol. The van der Waals surface area contributed by atoms with Crippen molar-refractivity contribution in [3.8, 4) is 0 Å². The lowest BCUT2D eigenvalue weighted by Gasteiger charge is -1.95. The average Bonchev–Trinajstić information content (AvgIpc) is 2.21. The van der Waals surface area contributed by atoms with E-state index in [0.717, 1.165) is 0 Å². The van der Waals surface area contributed by atoms with Gasteiger partial charge in [-0.2, -0.15) is 0 Å². The van der Waals surface area contributed by atoms with Crippen molar-refractivity contribution in [1.82, 2.24) is 0 Å². The number of aliphatic hydroxyl groups is 1. The van der Waals surface area contributed by atoms with Crippen molar-refractivity contribution in [3.05, 3.63) is 36.5 Å². The van der Waals surface area contributed by atoms with Crippen molar-refractivity contribution >= 4 is 11.8 Å². The SMILES string of the molecule is CCC(O)C=CC=CC=CC(=O)CC(=O)O. The van der Waals surface area contributed by atoms with Gasteiger partial charge in [0.25, 0.3) is 0 Å². The molecule has 0 aliphatic carbocycles. The molecule has 0 aromatic carbocycles. The Kier molecular flexibility index (Phi) is 7.71. The molecule has 0 bridgehead atoms. The van der Waals surface area contributed by atoms with Crippen molar-refractivity contribution in [1.29, 1.82) is 0 Å². The summed E-state index contributed by atoms with van der Waals surface area (Å²) in [5.41, 5.74) is 0. The van der Waals surface area contributed by atoms with Crippen molar-refractivity contribution in [3.63, 3.8) is 0 Å². The molecule has 0 fully saturated rings. The summed E-state index contributed by atoms with van der Waals surface area (Å²) < 4.78 is 0. The van der Waals surface area contributed by atoms with Gasteiger partial charge in [-0.1, -0.05) is 37.3 Å². The molecule has 0 aromatic rings. The van der Waals surface area contributed by atoms with Gasteiger partial charge in [0.15, 0.2) is 5.78 Å². The van der Waals surface area contributed by atoms with Crippen LogP contribution in [0.2, 0.25) is 0 Å². The van der Waals surface area contributed by atoms with Crippen LogP contribution in [0, 0.1) is 0 Å². The number of carbonyl (C=O) groups excluding carboxylic acids is 1. The Bertz CT molecular complexity index is 313. The van der Waals surface area contributed by atoms with E-state index in [9.17, 15) is 9.59 Å². The number of allylic oxidation sites excluding steroid dienone is 5. The lowest BCUT2D eigenvalue weighted by Crippen LogP contribution is -2.02. The number of carbonyl (C=O) groups is 2. The molecule has 0 aliphatic heterocycles. The van der Waals surface area contributed by atoms with Gasteiger partial charge in [-0.25, -0.2) is 0 Å².